The fourth-order valence-corrected chi connectivity index (χ4v) is 3.20. The maximum absolute atomic E-state index is 11.7. The lowest BCUT2D eigenvalue weighted by molar-refractivity contribution is -0.121. The third-order valence-electron chi connectivity index (χ3n) is 4.05. The largest absolute Gasteiger partial charge is 0.375 e. The van der Waals surface area contributed by atoms with Crippen molar-refractivity contribution in [2.45, 2.75) is 51.3 Å². The smallest absolute Gasteiger partial charge is 0.220 e. The number of rotatable bonds is 9. The first-order chi connectivity index (χ1) is 12.0. The fourth-order valence-electron chi connectivity index (χ4n) is 2.36. The Morgan fingerprint density at radius 2 is 2.27 bits per heavy atom. The van der Waals surface area contributed by atoms with Crippen LogP contribution in [0.4, 0.5) is 0 Å². The Balaban J connectivity index is 0.00000338. The predicted octanol–water partition coefficient (Wildman–Crippen LogP) is 2.53. The van der Waals surface area contributed by atoms with Gasteiger partial charge in [0.15, 0.2) is 5.96 Å². The van der Waals surface area contributed by atoms with Crippen LogP contribution in [0, 0.1) is 0 Å². The van der Waals surface area contributed by atoms with Gasteiger partial charge < -0.3 is 20.3 Å². The first-order valence-corrected chi connectivity index (χ1v) is 9.59. The van der Waals surface area contributed by atoms with Gasteiger partial charge in [0.2, 0.25) is 5.91 Å². The molecule has 0 aromatic carbocycles. The normalized spacial score (nSPS) is 15.2. The number of carbonyl (C=O) groups excluding carboxylic acids is 1. The van der Waals surface area contributed by atoms with E-state index in [4.69, 9.17) is 4.74 Å². The van der Waals surface area contributed by atoms with Crippen molar-refractivity contribution in [2.24, 2.45) is 4.99 Å². The van der Waals surface area contributed by atoms with E-state index >= 15 is 0 Å². The lowest BCUT2D eigenvalue weighted by atomic mass is 10.3. The van der Waals surface area contributed by atoms with Gasteiger partial charge in [0.05, 0.1) is 12.2 Å². The van der Waals surface area contributed by atoms with E-state index in [0.29, 0.717) is 19.0 Å². The molecule has 1 heterocycles. The number of hydrogen-bond donors (Lipinski definition) is 2. The molecule has 1 aromatic heterocycles. The Bertz CT molecular complexity index is 591. The van der Waals surface area contributed by atoms with Crippen LogP contribution in [0.5, 0.6) is 0 Å². The number of halogens is 1. The number of guanidine groups is 1. The van der Waals surface area contributed by atoms with Gasteiger partial charge in [-0.15, -0.1) is 35.3 Å². The Morgan fingerprint density at radius 3 is 2.88 bits per heavy atom. The van der Waals surface area contributed by atoms with Crippen LogP contribution in [0.3, 0.4) is 0 Å². The average Bonchev–Trinajstić information content (AvgIpc) is 3.29. The van der Waals surface area contributed by atoms with E-state index in [2.05, 4.69) is 26.0 Å². The van der Waals surface area contributed by atoms with Gasteiger partial charge >= 0.3 is 0 Å². The molecule has 2 rings (SSSR count). The van der Waals surface area contributed by atoms with Crippen molar-refractivity contribution in [3.05, 3.63) is 16.1 Å². The van der Waals surface area contributed by atoms with Crippen LogP contribution < -0.4 is 10.6 Å². The predicted molar refractivity (Wildman–Crippen MR) is 116 cm³/mol. The van der Waals surface area contributed by atoms with Crippen LogP contribution in [0.2, 0.25) is 0 Å². The van der Waals surface area contributed by atoms with Crippen LogP contribution >= 0.6 is 35.3 Å². The van der Waals surface area contributed by atoms with E-state index in [1.807, 2.05) is 18.9 Å². The van der Waals surface area contributed by atoms with Gasteiger partial charge in [-0.1, -0.05) is 0 Å². The number of ether oxygens (including phenoxy) is 1. The van der Waals surface area contributed by atoms with E-state index < -0.39 is 0 Å². The number of aromatic nitrogens is 1. The molecule has 0 bridgehead atoms. The second kappa shape index (κ2) is 11.7. The lowest BCUT2D eigenvalue weighted by Crippen LogP contribution is -2.39. The Kier molecular flexibility index (Phi) is 10.4. The standard InChI is InChI=1S/C17H29N5O2S.HI/c1-12(24-4)16-21-14(11-25-16)10-22(3)17(18-2)19-9-5-6-15(23)20-13-7-8-13;/h11-13H,5-10H2,1-4H3,(H,18,19)(H,20,23);1H. The van der Waals surface area contributed by atoms with Crippen LogP contribution in [-0.4, -0.2) is 55.5 Å². The molecule has 1 atom stereocenters. The van der Waals surface area contributed by atoms with Gasteiger partial charge in [-0.05, 0) is 26.2 Å². The van der Waals surface area contributed by atoms with E-state index in [9.17, 15) is 4.79 Å². The van der Waals surface area contributed by atoms with E-state index in [0.717, 1.165) is 42.5 Å². The summed E-state index contributed by atoms with van der Waals surface area (Å²) in [5, 5.41) is 9.34. The highest BCUT2D eigenvalue weighted by atomic mass is 127. The zero-order chi connectivity index (χ0) is 18.2. The molecule has 1 unspecified atom stereocenters. The second-order valence-corrected chi connectivity index (χ2v) is 7.22. The summed E-state index contributed by atoms with van der Waals surface area (Å²) in [6, 6.07) is 0.434. The van der Waals surface area contributed by atoms with Crippen molar-refractivity contribution in [3.8, 4) is 0 Å². The van der Waals surface area contributed by atoms with Gasteiger partial charge in [-0.25, -0.2) is 4.98 Å². The van der Waals surface area contributed by atoms with Gasteiger partial charge in [-0.2, -0.15) is 0 Å². The van der Waals surface area contributed by atoms with Gasteiger partial charge in [0.1, 0.15) is 11.1 Å². The van der Waals surface area contributed by atoms with Crippen molar-refractivity contribution in [1.82, 2.24) is 20.5 Å². The lowest BCUT2D eigenvalue weighted by Gasteiger charge is -2.21. The summed E-state index contributed by atoms with van der Waals surface area (Å²) >= 11 is 1.61. The molecule has 1 fully saturated rings. The average molecular weight is 495 g/mol. The highest BCUT2D eigenvalue weighted by Gasteiger charge is 2.22. The Hall–Kier alpha value is -0.940. The summed E-state index contributed by atoms with van der Waals surface area (Å²) in [6.45, 7) is 3.39. The monoisotopic (exact) mass is 495 g/mol. The Labute approximate surface area is 177 Å². The van der Waals surface area contributed by atoms with Crippen LogP contribution in [0.15, 0.2) is 10.4 Å². The number of hydrogen-bond acceptors (Lipinski definition) is 5. The van der Waals surface area contributed by atoms with E-state index in [1.54, 1.807) is 25.5 Å². The molecule has 7 nitrogen and oxygen atoms in total. The highest BCUT2D eigenvalue weighted by molar-refractivity contribution is 14.0. The second-order valence-electron chi connectivity index (χ2n) is 6.33. The molecule has 1 saturated carbocycles. The van der Waals surface area contributed by atoms with Crippen molar-refractivity contribution in [2.75, 3.05) is 27.7 Å². The first kappa shape index (κ1) is 23.1. The Morgan fingerprint density at radius 1 is 1.54 bits per heavy atom. The van der Waals surface area contributed by atoms with E-state index in [1.165, 1.54) is 0 Å². The molecule has 1 aliphatic rings. The maximum atomic E-state index is 11.7. The minimum atomic E-state index is 0. The number of amides is 1. The van der Waals surface area contributed by atoms with Crippen LogP contribution in [0.1, 0.15) is 49.4 Å². The minimum absolute atomic E-state index is 0. The molecule has 9 heteroatoms. The topological polar surface area (TPSA) is 78.9 Å². The quantitative estimate of drug-likeness (QED) is 0.238. The van der Waals surface area contributed by atoms with Crippen molar-refractivity contribution in [1.29, 1.82) is 0 Å². The van der Waals surface area contributed by atoms with Gasteiger partial charge in [0.25, 0.3) is 0 Å². The fraction of sp³-hybridized carbons (Fsp3) is 0.706. The van der Waals surface area contributed by atoms with Gasteiger partial charge in [-0.3, -0.25) is 9.79 Å². The summed E-state index contributed by atoms with van der Waals surface area (Å²) in [5.74, 6) is 0.951. The molecule has 1 aromatic rings. The molecule has 2 N–H and O–H groups in total. The zero-order valence-electron chi connectivity index (χ0n) is 15.9. The summed E-state index contributed by atoms with van der Waals surface area (Å²) in [5.41, 5.74) is 0.998. The third-order valence-corrected chi connectivity index (χ3v) is 5.10. The van der Waals surface area contributed by atoms with Crippen LogP contribution in [0.25, 0.3) is 0 Å². The molecule has 0 aliphatic heterocycles. The number of nitrogens with one attached hydrogen (secondary N) is 2. The molecule has 0 spiro atoms. The summed E-state index contributed by atoms with van der Waals surface area (Å²) < 4.78 is 5.30. The third kappa shape index (κ3) is 7.75. The number of carbonyl (C=O) groups is 1. The number of aliphatic imine (C=N–C) groups is 1. The SMILES string of the molecule is CN=C(NCCCC(=O)NC1CC1)N(C)Cc1csc(C(C)OC)n1.I. The van der Waals surface area contributed by atoms with Crippen molar-refractivity contribution < 1.29 is 9.53 Å². The molecule has 148 valence electrons. The summed E-state index contributed by atoms with van der Waals surface area (Å²) in [6.07, 6.45) is 3.61. The van der Waals surface area contributed by atoms with Crippen molar-refractivity contribution in [3.63, 3.8) is 0 Å². The zero-order valence-corrected chi connectivity index (χ0v) is 19.1. The van der Waals surface area contributed by atoms with Gasteiger partial charge in [0, 0.05) is 45.6 Å². The summed E-state index contributed by atoms with van der Waals surface area (Å²) in [7, 11) is 5.43. The highest BCUT2D eigenvalue weighted by Crippen LogP contribution is 2.21. The molecule has 1 aliphatic carbocycles. The molecule has 0 radical (unpaired) electrons. The minimum Gasteiger partial charge on any atom is -0.375 e. The number of nitrogens with zero attached hydrogens (tertiary/aromatic N) is 3. The first-order valence-electron chi connectivity index (χ1n) is 8.71. The van der Waals surface area contributed by atoms with Crippen LogP contribution in [-0.2, 0) is 16.1 Å². The maximum Gasteiger partial charge on any atom is 0.220 e. The van der Waals surface area contributed by atoms with Crippen molar-refractivity contribution >= 4 is 47.2 Å². The molecular weight excluding hydrogens is 465 g/mol. The number of thiazole rings is 1. The molecule has 0 saturated heterocycles. The number of methoxy groups -OCH3 is 1. The molecular formula is C17H30IN5O2S. The molecule has 1 amide bonds. The van der Waals surface area contributed by atoms with E-state index in [-0.39, 0.29) is 36.0 Å². The molecule has 26 heavy (non-hydrogen) atoms. The summed E-state index contributed by atoms with van der Waals surface area (Å²) in [4.78, 5) is 22.6.